The van der Waals surface area contributed by atoms with Crippen LogP contribution in [0.2, 0.25) is 0 Å². The molecule has 3 rings (SSSR count). The van der Waals surface area contributed by atoms with Crippen LogP contribution in [-0.4, -0.2) is 21.0 Å². The van der Waals surface area contributed by atoms with Gasteiger partial charge in [-0.15, -0.1) is 0 Å². The number of aromatic carboxylic acids is 1. The molecule has 0 aliphatic carbocycles. The highest BCUT2D eigenvalue weighted by Crippen LogP contribution is 2.35. The first-order valence-electron chi connectivity index (χ1n) is 8.30. The number of rotatable bonds is 4. The van der Waals surface area contributed by atoms with Crippen molar-refractivity contribution in [3.8, 4) is 11.3 Å². The molecular weight excluding hydrogens is 472 g/mol. The van der Waals surface area contributed by atoms with Crippen molar-refractivity contribution in [2.45, 2.75) is 19.3 Å². The summed E-state index contributed by atoms with van der Waals surface area (Å²) in [6.07, 6.45) is 0. The lowest BCUT2D eigenvalue weighted by atomic mass is 9.84. The lowest BCUT2D eigenvalue weighted by molar-refractivity contribution is 0.0690. The van der Waals surface area contributed by atoms with Gasteiger partial charge in [0.2, 0.25) is 5.69 Å². The first-order valence-corrected chi connectivity index (χ1v) is 9.37. The van der Waals surface area contributed by atoms with Gasteiger partial charge in [0.1, 0.15) is 11.5 Å². The van der Waals surface area contributed by atoms with Crippen LogP contribution in [0.4, 0.5) is 10.1 Å². The van der Waals surface area contributed by atoms with Crippen LogP contribution < -0.4 is 0 Å². The van der Waals surface area contributed by atoms with Crippen LogP contribution in [0.3, 0.4) is 0 Å². The highest BCUT2D eigenvalue weighted by atomic mass is 127. The zero-order chi connectivity index (χ0) is 20.5. The zero-order valence-corrected chi connectivity index (χ0v) is 17.2. The van der Waals surface area contributed by atoms with E-state index in [1.165, 1.54) is 6.07 Å². The van der Waals surface area contributed by atoms with Gasteiger partial charge in [-0.05, 0) is 38.1 Å². The standard InChI is InChI=1S/C21H15FIN3O2/c1-21(2,17-9-5-7-15(26-17)20(27)28)16-8-4-6-14(25-16)12-10-11-13(23)19(24-3)18(12)22/h4-11H,1-2H3,(H,27,28). The number of aromatic nitrogens is 2. The summed E-state index contributed by atoms with van der Waals surface area (Å²) < 4.78 is 15.3. The molecule has 140 valence electrons. The topological polar surface area (TPSA) is 67.4 Å². The summed E-state index contributed by atoms with van der Waals surface area (Å²) >= 11 is 1.93. The molecule has 0 aliphatic heterocycles. The Morgan fingerprint density at radius 1 is 1.11 bits per heavy atom. The van der Waals surface area contributed by atoms with Gasteiger partial charge in [-0.3, -0.25) is 4.98 Å². The van der Waals surface area contributed by atoms with E-state index in [1.54, 1.807) is 42.5 Å². The van der Waals surface area contributed by atoms with Crippen LogP contribution >= 0.6 is 22.6 Å². The molecule has 3 aromatic rings. The van der Waals surface area contributed by atoms with Gasteiger partial charge in [-0.2, -0.15) is 0 Å². The van der Waals surface area contributed by atoms with E-state index in [0.717, 1.165) is 0 Å². The van der Waals surface area contributed by atoms with Crippen molar-refractivity contribution >= 4 is 34.2 Å². The second-order valence-electron chi connectivity index (χ2n) is 6.62. The van der Waals surface area contributed by atoms with Crippen molar-refractivity contribution in [3.05, 3.63) is 86.4 Å². The number of pyridine rings is 2. The van der Waals surface area contributed by atoms with Crippen LogP contribution in [0.15, 0.2) is 48.5 Å². The van der Waals surface area contributed by atoms with Gasteiger partial charge in [0.15, 0.2) is 0 Å². The Kier molecular flexibility index (Phi) is 5.42. The number of carboxylic acid groups (broad SMARTS) is 1. The Labute approximate surface area is 175 Å². The van der Waals surface area contributed by atoms with Gasteiger partial charge in [0.05, 0.1) is 23.7 Å². The van der Waals surface area contributed by atoms with Crippen LogP contribution in [0.25, 0.3) is 16.1 Å². The Morgan fingerprint density at radius 3 is 2.39 bits per heavy atom. The van der Waals surface area contributed by atoms with Crippen molar-refractivity contribution in [3.63, 3.8) is 0 Å². The summed E-state index contributed by atoms with van der Waals surface area (Å²) in [5.41, 5.74) is 1.02. The monoisotopic (exact) mass is 487 g/mol. The van der Waals surface area contributed by atoms with E-state index in [1.807, 2.05) is 36.4 Å². The molecule has 5 nitrogen and oxygen atoms in total. The van der Waals surface area contributed by atoms with Crippen LogP contribution in [0.1, 0.15) is 35.7 Å². The van der Waals surface area contributed by atoms with Gasteiger partial charge in [0.25, 0.3) is 0 Å². The normalized spacial score (nSPS) is 11.1. The molecule has 0 atom stereocenters. The van der Waals surface area contributed by atoms with E-state index >= 15 is 0 Å². The van der Waals surface area contributed by atoms with Gasteiger partial charge in [0, 0.05) is 14.5 Å². The molecule has 0 amide bonds. The molecule has 0 saturated carbocycles. The van der Waals surface area contributed by atoms with E-state index in [-0.39, 0.29) is 16.9 Å². The maximum Gasteiger partial charge on any atom is 0.354 e. The first-order chi connectivity index (χ1) is 13.3. The SMILES string of the molecule is [C-]#[N+]c1c(I)ccc(-c2cccc(C(C)(C)c3cccc(C(=O)O)n3)n2)c1F. The fraction of sp³-hybridized carbons (Fsp3) is 0.143. The van der Waals surface area contributed by atoms with Crippen molar-refractivity contribution < 1.29 is 14.3 Å². The van der Waals surface area contributed by atoms with Gasteiger partial charge in [-0.25, -0.2) is 19.0 Å². The van der Waals surface area contributed by atoms with Crippen LogP contribution in [0, 0.1) is 16.0 Å². The Hall–Kier alpha value is -2.86. The Bertz CT molecular complexity index is 1120. The van der Waals surface area contributed by atoms with E-state index < -0.39 is 17.2 Å². The van der Waals surface area contributed by atoms with Crippen LogP contribution in [0.5, 0.6) is 0 Å². The van der Waals surface area contributed by atoms with E-state index in [0.29, 0.717) is 20.7 Å². The molecule has 1 aromatic carbocycles. The number of benzene rings is 1. The Morgan fingerprint density at radius 2 is 1.75 bits per heavy atom. The molecular formula is C21H15FIN3O2. The molecule has 1 N–H and O–H groups in total. The fourth-order valence-electron chi connectivity index (χ4n) is 2.81. The molecule has 28 heavy (non-hydrogen) atoms. The number of halogens is 2. The molecule has 0 aliphatic rings. The molecule has 0 bridgehead atoms. The minimum atomic E-state index is -1.10. The molecule has 0 fully saturated rings. The molecule has 2 aromatic heterocycles. The number of hydrogen-bond donors (Lipinski definition) is 1. The maximum absolute atomic E-state index is 14.8. The van der Waals surface area contributed by atoms with Crippen molar-refractivity contribution in [1.82, 2.24) is 9.97 Å². The number of carbonyl (C=O) groups is 1. The average Bonchev–Trinajstić information content (AvgIpc) is 2.68. The molecule has 2 heterocycles. The lowest BCUT2D eigenvalue weighted by Gasteiger charge is -2.24. The zero-order valence-electron chi connectivity index (χ0n) is 15.1. The third-order valence-electron chi connectivity index (χ3n) is 4.45. The Balaban J connectivity index is 2.10. The van der Waals surface area contributed by atoms with Gasteiger partial charge < -0.3 is 5.11 Å². The largest absolute Gasteiger partial charge is 0.477 e. The molecule has 0 radical (unpaired) electrons. The van der Waals surface area contributed by atoms with Gasteiger partial charge in [-0.1, -0.05) is 46.9 Å². The average molecular weight is 487 g/mol. The van der Waals surface area contributed by atoms with Crippen molar-refractivity contribution in [2.24, 2.45) is 0 Å². The summed E-state index contributed by atoms with van der Waals surface area (Å²) in [5, 5.41) is 9.20. The molecule has 0 unspecified atom stereocenters. The first kappa shape index (κ1) is 19.9. The smallest absolute Gasteiger partial charge is 0.354 e. The molecule has 7 heteroatoms. The van der Waals surface area contributed by atoms with Crippen molar-refractivity contribution in [1.29, 1.82) is 0 Å². The summed E-state index contributed by atoms with van der Waals surface area (Å²) in [4.78, 5) is 23.3. The summed E-state index contributed by atoms with van der Waals surface area (Å²) in [5.74, 6) is -1.71. The molecule has 0 spiro atoms. The molecule has 0 saturated heterocycles. The third-order valence-corrected chi connectivity index (χ3v) is 5.32. The second kappa shape index (κ2) is 7.64. The predicted molar refractivity (Wildman–Crippen MR) is 112 cm³/mol. The van der Waals surface area contributed by atoms with E-state index in [4.69, 9.17) is 6.57 Å². The predicted octanol–water partition coefficient (Wildman–Crippen LogP) is 5.46. The summed E-state index contributed by atoms with van der Waals surface area (Å²) in [6, 6.07) is 13.3. The van der Waals surface area contributed by atoms with Crippen LogP contribution in [-0.2, 0) is 5.41 Å². The second-order valence-corrected chi connectivity index (χ2v) is 7.78. The van der Waals surface area contributed by atoms with Gasteiger partial charge >= 0.3 is 5.97 Å². The summed E-state index contributed by atoms with van der Waals surface area (Å²) in [6.45, 7) is 11.0. The van der Waals surface area contributed by atoms with Crippen molar-refractivity contribution in [2.75, 3.05) is 0 Å². The van der Waals surface area contributed by atoms with E-state index in [2.05, 4.69) is 14.8 Å². The quantitative estimate of drug-likeness (QED) is 0.392. The number of carboxylic acids is 1. The highest BCUT2D eigenvalue weighted by Gasteiger charge is 2.28. The summed E-state index contributed by atoms with van der Waals surface area (Å²) in [7, 11) is 0. The highest BCUT2D eigenvalue weighted by molar-refractivity contribution is 14.1. The minimum absolute atomic E-state index is 0.0274. The number of nitrogens with zero attached hydrogens (tertiary/aromatic N) is 3. The third kappa shape index (κ3) is 3.60. The van der Waals surface area contributed by atoms with E-state index in [9.17, 15) is 14.3 Å². The number of hydrogen-bond acceptors (Lipinski definition) is 3. The maximum atomic E-state index is 14.8. The minimum Gasteiger partial charge on any atom is -0.477 e. The fourth-order valence-corrected chi connectivity index (χ4v) is 3.34. The lowest BCUT2D eigenvalue weighted by Crippen LogP contribution is -2.23.